The van der Waals surface area contributed by atoms with Crippen molar-refractivity contribution >= 4 is 33.5 Å². The van der Waals surface area contributed by atoms with E-state index in [4.69, 9.17) is 9.41 Å². The van der Waals surface area contributed by atoms with Gasteiger partial charge in [0.1, 0.15) is 17.0 Å². The summed E-state index contributed by atoms with van der Waals surface area (Å²) in [4.78, 5) is 17.9. The molecule has 0 fully saturated rings. The van der Waals surface area contributed by atoms with Gasteiger partial charge in [0.05, 0.1) is 12.2 Å². The number of rotatable bonds is 2. The van der Waals surface area contributed by atoms with Gasteiger partial charge in [0.15, 0.2) is 0 Å². The maximum Gasteiger partial charge on any atom is 0.248 e. The molecule has 0 amide bonds. The molecule has 0 bridgehead atoms. The van der Waals surface area contributed by atoms with Gasteiger partial charge in [-0.15, -0.1) is 0 Å². The minimum Gasteiger partial charge on any atom is -0.416 e. The summed E-state index contributed by atoms with van der Waals surface area (Å²) in [7, 11) is 0. The first-order valence-corrected chi connectivity index (χ1v) is 9.36. The van der Waals surface area contributed by atoms with Crippen LogP contribution in [0.3, 0.4) is 0 Å². The Morgan fingerprint density at radius 1 is 0.897 bits per heavy atom. The van der Waals surface area contributed by atoms with E-state index in [1.165, 1.54) is 16.3 Å². The molecule has 0 saturated heterocycles. The van der Waals surface area contributed by atoms with E-state index in [2.05, 4.69) is 56.7 Å². The van der Waals surface area contributed by atoms with Crippen LogP contribution in [-0.4, -0.2) is 20.8 Å². The molecule has 0 saturated carbocycles. The second-order valence-corrected chi connectivity index (χ2v) is 6.89. The number of nitrogens with one attached hydrogen (secondary N) is 1. The molecular weight excluding hydrogens is 362 g/mol. The van der Waals surface area contributed by atoms with E-state index < -0.39 is 0 Å². The topological polar surface area (TPSA) is 76.2 Å². The van der Waals surface area contributed by atoms with Crippen LogP contribution in [0.5, 0.6) is 0 Å². The number of pyridine rings is 2. The van der Waals surface area contributed by atoms with Crippen molar-refractivity contribution in [2.75, 3.05) is 5.32 Å². The first kappa shape index (κ1) is 15.9. The van der Waals surface area contributed by atoms with E-state index in [9.17, 15) is 0 Å². The number of benzene rings is 2. The number of aromatic nitrogens is 3. The molecule has 1 aliphatic heterocycles. The minimum absolute atomic E-state index is 0.447. The number of fused-ring (bicyclic) bond motifs is 4. The van der Waals surface area contributed by atoms with Crippen LogP contribution in [0.25, 0.3) is 33.6 Å². The third kappa shape index (κ3) is 2.65. The fourth-order valence-electron chi connectivity index (χ4n) is 3.66. The Morgan fingerprint density at radius 2 is 1.86 bits per heavy atom. The van der Waals surface area contributed by atoms with Crippen molar-refractivity contribution < 1.29 is 4.42 Å². The molecule has 4 heterocycles. The Labute approximate surface area is 166 Å². The van der Waals surface area contributed by atoms with Gasteiger partial charge in [-0.3, -0.25) is 9.98 Å². The molecule has 3 aromatic heterocycles. The Balaban J connectivity index is 1.40. The maximum atomic E-state index is 5.77. The molecule has 0 atom stereocenters. The summed E-state index contributed by atoms with van der Waals surface area (Å²) in [5, 5.41) is 5.91. The van der Waals surface area contributed by atoms with Crippen LogP contribution in [0, 0.1) is 0 Å². The molecule has 0 unspecified atom stereocenters. The molecule has 29 heavy (non-hydrogen) atoms. The molecule has 6 rings (SSSR count). The zero-order valence-electron chi connectivity index (χ0n) is 15.3. The molecule has 138 valence electrons. The Hall–Kier alpha value is -4.06. The number of hydrogen-bond acceptors (Lipinski definition) is 6. The first-order valence-electron chi connectivity index (χ1n) is 9.36. The lowest BCUT2D eigenvalue weighted by molar-refractivity contribution is 0.605. The van der Waals surface area contributed by atoms with Gasteiger partial charge in [0, 0.05) is 23.3 Å². The maximum absolute atomic E-state index is 5.77. The van der Waals surface area contributed by atoms with Crippen molar-refractivity contribution in [1.29, 1.82) is 0 Å². The molecule has 0 spiro atoms. The number of anilines is 1. The molecule has 1 aliphatic rings. The van der Waals surface area contributed by atoms with Crippen LogP contribution in [-0.2, 0) is 6.54 Å². The third-order valence-electron chi connectivity index (χ3n) is 5.09. The Bertz CT molecular complexity index is 1390. The number of oxazole rings is 1. The number of amidine groups is 1. The molecule has 6 nitrogen and oxygen atoms in total. The number of hydrogen-bond donors (Lipinski definition) is 1. The summed E-state index contributed by atoms with van der Waals surface area (Å²) in [6.45, 7) is 0.632. The van der Waals surface area contributed by atoms with Gasteiger partial charge in [0.2, 0.25) is 11.6 Å². The average Bonchev–Trinajstić information content (AvgIpc) is 3.23. The van der Waals surface area contributed by atoms with E-state index in [-0.39, 0.29) is 0 Å². The van der Waals surface area contributed by atoms with Crippen LogP contribution in [0.2, 0.25) is 0 Å². The SMILES string of the molecule is c1ccc2c3c(ccc2c1)CN=C(c1ccnc(-c2nc4cccnc4o2)c1)N3. The molecule has 6 heteroatoms. The smallest absolute Gasteiger partial charge is 0.248 e. The van der Waals surface area contributed by atoms with Crippen molar-refractivity contribution in [2.24, 2.45) is 4.99 Å². The lowest BCUT2D eigenvalue weighted by Crippen LogP contribution is -2.19. The van der Waals surface area contributed by atoms with Gasteiger partial charge in [-0.2, -0.15) is 0 Å². The predicted molar refractivity (Wildman–Crippen MR) is 113 cm³/mol. The van der Waals surface area contributed by atoms with Gasteiger partial charge in [0.25, 0.3) is 0 Å². The second kappa shape index (κ2) is 6.24. The second-order valence-electron chi connectivity index (χ2n) is 6.89. The highest BCUT2D eigenvalue weighted by molar-refractivity contribution is 6.14. The monoisotopic (exact) mass is 377 g/mol. The van der Waals surface area contributed by atoms with E-state index in [1.807, 2.05) is 24.3 Å². The summed E-state index contributed by atoms with van der Waals surface area (Å²) < 4.78 is 5.77. The lowest BCUT2D eigenvalue weighted by atomic mass is 10.0. The van der Waals surface area contributed by atoms with Crippen LogP contribution in [0.15, 0.2) is 82.5 Å². The first-order chi connectivity index (χ1) is 14.3. The number of aliphatic imine (C=N–C) groups is 1. The molecule has 0 radical (unpaired) electrons. The van der Waals surface area contributed by atoms with Crippen LogP contribution in [0.1, 0.15) is 11.1 Å². The van der Waals surface area contributed by atoms with Gasteiger partial charge in [-0.25, -0.2) is 9.97 Å². The van der Waals surface area contributed by atoms with Crippen molar-refractivity contribution in [2.45, 2.75) is 6.54 Å². The number of nitrogens with zero attached hydrogens (tertiary/aromatic N) is 4. The van der Waals surface area contributed by atoms with Crippen molar-refractivity contribution in [3.63, 3.8) is 0 Å². The highest BCUT2D eigenvalue weighted by Gasteiger charge is 2.17. The predicted octanol–water partition coefficient (Wildman–Crippen LogP) is 4.81. The van der Waals surface area contributed by atoms with Crippen LogP contribution < -0.4 is 5.32 Å². The van der Waals surface area contributed by atoms with Crippen LogP contribution >= 0.6 is 0 Å². The fraction of sp³-hybridized carbons (Fsp3) is 0.0435. The fourth-order valence-corrected chi connectivity index (χ4v) is 3.66. The third-order valence-corrected chi connectivity index (χ3v) is 5.09. The highest BCUT2D eigenvalue weighted by Crippen LogP contribution is 2.31. The van der Waals surface area contributed by atoms with Crippen molar-refractivity contribution in [1.82, 2.24) is 15.0 Å². The quantitative estimate of drug-likeness (QED) is 0.478. The van der Waals surface area contributed by atoms with Crippen molar-refractivity contribution in [3.05, 3.63) is 84.2 Å². The summed E-state index contributed by atoms with van der Waals surface area (Å²) >= 11 is 0. The molecule has 0 aliphatic carbocycles. The largest absolute Gasteiger partial charge is 0.416 e. The van der Waals surface area contributed by atoms with Gasteiger partial charge < -0.3 is 9.73 Å². The van der Waals surface area contributed by atoms with E-state index >= 15 is 0 Å². The van der Waals surface area contributed by atoms with Gasteiger partial charge >= 0.3 is 0 Å². The summed E-state index contributed by atoms with van der Waals surface area (Å²) in [5.74, 6) is 1.26. The Kier molecular flexibility index (Phi) is 3.43. The standard InChI is InChI=1S/C23H15N5O/c1-2-5-17-14(4-1)7-8-16-13-26-21(28-20(16)17)15-9-11-24-19(12-15)23-27-18-6-3-10-25-22(18)29-23/h1-12H,13H2,(H,26,28). The summed E-state index contributed by atoms with van der Waals surface area (Å²) in [6.07, 6.45) is 3.43. The van der Waals surface area contributed by atoms with E-state index in [0.29, 0.717) is 29.4 Å². The summed E-state index contributed by atoms with van der Waals surface area (Å²) in [6, 6.07) is 20.2. The molecular formula is C23H15N5O. The molecule has 1 N–H and O–H groups in total. The van der Waals surface area contributed by atoms with E-state index in [0.717, 1.165) is 17.1 Å². The normalized spacial score (nSPS) is 13.2. The minimum atomic E-state index is 0.447. The Morgan fingerprint density at radius 3 is 2.83 bits per heavy atom. The zero-order valence-corrected chi connectivity index (χ0v) is 15.3. The molecule has 5 aromatic rings. The highest BCUT2D eigenvalue weighted by atomic mass is 16.4. The van der Waals surface area contributed by atoms with Crippen molar-refractivity contribution in [3.8, 4) is 11.6 Å². The van der Waals surface area contributed by atoms with Gasteiger partial charge in [-0.1, -0.05) is 36.4 Å². The van der Waals surface area contributed by atoms with Crippen LogP contribution in [0.4, 0.5) is 5.69 Å². The summed E-state index contributed by atoms with van der Waals surface area (Å²) in [5.41, 5.74) is 5.09. The zero-order chi connectivity index (χ0) is 19.2. The molecule has 2 aromatic carbocycles. The average molecular weight is 377 g/mol. The lowest BCUT2D eigenvalue weighted by Gasteiger charge is -2.20. The van der Waals surface area contributed by atoms with E-state index in [1.54, 1.807) is 12.4 Å². The van der Waals surface area contributed by atoms with Gasteiger partial charge in [-0.05, 0) is 35.2 Å².